The lowest BCUT2D eigenvalue weighted by molar-refractivity contribution is 0.0914. The Kier molecular flexibility index (Phi) is 8.71. The largest absolute Gasteiger partial charge is 0.493 e. The molecule has 1 aromatic rings. The highest BCUT2D eigenvalue weighted by molar-refractivity contribution is 5.80. The first-order valence-corrected chi connectivity index (χ1v) is 9.71. The van der Waals surface area contributed by atoms with E-state index >= 15 is 0 Å². The molecule has 1 saturated heterocycles. The number of methoxy groups -OCH3 is 2. The summed E-state index contributed by atoms with van der Waals surface area (Å²) < 4.78 is 15.7. The minimum Gasteiger partial charge on any atom is -0.493 e. The second kappa shape index (κ2) is 11.3. The first kappa shape index (κ1) is 21.7. The molecule has 8 heteroatoms. The third-order valence-electron chi connectivity index (χ3n) is 4.69. The zero-order valence-electron chi connectivity index (χ0n) is 17.4. The Balaban J connectivity index is 1.75. The maximum Gasteiger partial charge on any atom is 0.409 e. The number of carbonyl (C=O) groups is 1. The number of aliphatic imine (C=N–C) groups is 1. The van der Waals surface area contributed by atoms with Gasteiger partial charge in [0.1, 0.15) is 0 Å². The number of benzene rings is 1. The van der Waals surface area contributed by atoms with Gasteiger partial charge in [-0.2, -0.15) is 0 Å². The second-order valence-corrected chi connectivity index (χ2v) is 6.44. The summed E-state index contributed by atoms with van der Waals surface area (Å²) in [5.74, 6) is 2.37. The van der Waals surface area contributed by atoms with Gasteiger partial charge in [0.15, 0.2) is 17.5 Å². The number of carbonyl (C=O) groups excluding carboxylic acids is 1. The number of rotatable bonds is 7. The topological polar surface area (TPSA) is 75.6 Å². The predicted octanol–water partition coefficient (Wildman–Crippen LogP) is 1.99. The molecule has 1 aromatic carbocycles. The van der Waals surface area contributed by atoms with Crippen molar-refractivity contribution in [2.75, 3.05) is 60.6 Å². The number of ether oxygens (including phenoxy) is 3. The summed E-state index contributed by atoms with van der Waals surface area (Å²) in [6.07, 6.45) is 1.66. The fourth-order valence-corrected chi connectivity index (χ4v) is 3.18. The molecule has 1 fully saturated rings. The molecule has 1 N–H and O–H groups in total. The van der Waals surface area contributed by atoms with Gasteiger partial charge in [-0.1, -0.05) is 6.07 Å². The zero-order valence-corrected chi connectivity index (χ0v) is 17.4. The normalized spacial score (nSPS) is 14.6. The molecule has 156 valence electrons. The number of guanidine groups is 1. The molecule has 0 saturated carbocycles. The van der Waals surface area contributed by atoms with Gasteiger partial charge in [0.25, 0.3) is 0 Å². The maximum atomic E-state index is 11.8. The quantitative estimate of drug-likeness (QED) is 0.435. The smallest absolute Gasteiger partial charge is 0.409 e. The molecular weight excluding hydrogens is 360 g/mol. The van der Waals surface area contributed by atoms with Crippen LogP contribution in [0.25, 0.3) is 0 Å². The standard InChI is InChI=1S/C20H32N4O4/c1-5-28-20(25)24-13-11-23(12-14-24)19(21-2)22-10-6-7-16-8-9-17(26-3)18(15-16)27-4/h8-9,15H,5-7,10-14H2,1-4H3,(H,21,22). The molecule has 0 radical (unpaired) electrons. The van der Waals surface area contributed by atoms with E-state index in [4.69, 9.17) is 14.2 Å². The van der Waals surface area contributed by atoms with Gasteiger partial charge in [0.05, 0.1) is 20.8 Å². The minimum absolute atomic E-state index is 0.236. The van der Waals surface area contributed by atoms with E-state index in [9.17, 15) is 4.79 Å². The molecule has 0 unspecified atom stereocenters. The lowest BCUT2D eigenvalue weighted by Gasteiger charge is -2.35. The van der Waals surface area contributed by atoms with Crippen molar-refractivity contribution in [2.45, 2.75) is 19.8 Å². The first-order chi connectivity index (χ1) is 13.6. The fourth-order valence-electron chi connectivity index (χ4n) is 3.18. The van der Waals surface area contributed by atoms with Crippen molar-refractivity contribution in [3.8, 4) is 11.5 Å². The Hall–Kier alpha value is -2.64. The Bertz CT molecular complexity index is 658. The Morgan fingerprint density at radius 3 is 2.39 bits per heavy atom. The van der Waals surface area contributed by atoms with E-state index in [0.717, 1.165) is 49.9 Å². The van der Waals surface area contributed by atoms with Crippen LogP contribution in [0.2, 0.25) is 0 Å². The van der Waals surface area contributed by atoms with Crippen molar-refractivity contribution in [1.82, 2.24) is 15.1 Å². The van der Waals surface area contributed by atoms with E-state index in [1.165, 1.54) is 5.56 Å². The molecule has 1 aliphatic rings. The van der Waals surface area contributed by atoms with E-state index < -0.39 is 0 Å². The van der Waals surface area contributed by atoms with Crippen LogP contribution in [0.3, 0.4) is 0 Å². The molecule has 28 heavy (non-hydrogen) atoms. The van der Waals surface area contributed by atoms with Crippen LogP contribution in [-0.4, -0.2) is 82.5 Å². The summed E-state index contributed by atoms with van der Waals surface area (Å²) in [5.41, 5.74) is 1.21. The van der Waals surface area contributed by atoms with E-state index in [1.807, 2.05) is 19.1 Å². The zero-order chi connectivity index (χ0) is 20.4. The number of hydrogen-bond acceptors (Lipinski definition) is 5. The highest BCUT2D eigenvalue weighted by atomic mass is 16.6. The molecule has 0 spiro atoms. The molecule has 0 bridgehead atoms. The Morgan fingerprint density at radius 2 is 1.79 bits per heavy atom. The molecule has 0 aliphatic carbocycles. The number of piperazine rings is 1. The average Bonchev–Trinajstić information content (AvgIpc) is 2.74. The van der Waals surface area contributed by atoms with Gasteiger partial charge in [-0.15, -0.1) is 0 Å². The Labute approximate surface area is 167 Å². The molecule has 1 heterocycles. The highest BCUT2D eigenvalue weighted by Crippen LogP contribution is 2.27. The van der Waals surface area contributed by atoms with Crippen LogP contribution in [0.5, 0.6) is 11.5 Å². The molecule has 8 nitrogen and oxygen atoms in total. The van der Waals surface area contributed by atoms with Gasteiger partial charge < -0.3 is 29.3 Å². The van der Waals surface area contributed by atoms with Gasteiger partial charge in [-0.05, 0) is 37.5 Å². The van der Waals surface area contributed by atoms with Crippen LogP contribution < -0.4 is 14.8 Å². The average molecular weight is 393 g/mol. The number of nitrogens with one attached hydrogen (secondary N) is 1. The van der Waals surface area contributed by atoms with Crippen molar-refractivity contribution in [2.24, 2.45) is 4.99 Å². The summed E-state index contributed by atoms with van der Waals surface area (Å²) in [6.45, 7) is 5.82. The van der Waals surface area contributed by atoms with Crippen molar-refractivity contribution in [1.29, 1.82) is 0 Å². The third-order valence-corrected chi connectivity index (χ3v) is 4.69. The molecular formula is C20H32N4O4. The number of aryl methyl sites for hydroxylation is 1. The van der Waals surface area contributed by atoms with Crippen LogP contribution >= 0.6 is 0 Å². The summed E-state index contributed by atoms with van der Waals surface area (Å²) in [4.78, 5) is 20.1. The Morgan fingerprint density at radius 1 is 1.11 bits per heavy atom. The fraction of sp³-hybridized carbons (Fsp3) is 0.600. The van der Waals surface area contributed by atoms with E-state index in [-0.39, 0.29) is 6.09 Å². The summed E-state index contributed by atoms with van der Waals surface area (Å²) in [6, 6.07) is 6.01. The molecule has 2 rings (SSSR count). The van der Waals surface area contributed by atoms with Crippen molar-refractivity contribution in [3.05, 3.63) is 23.8 Å². The van der Waals surface area contributed by atoms with Crippen molar-refractivity contribution in [3.63, 3.8) is 0 Å². The van der Waals surface area contributed by atoms with Crippen LogP contribution in [0, 0.1) is 0 Å². The predicted molar refractivity (Wildman–Crippen MR) is 109 cm³/mol. The monoisotopic (exact) mass is 392 g/mol. The van der Waals surface area contributed by atoms with E-state index in [0.29, 0.717) is 19.7 Å². The SMILES string of the molecule is CCOC(=O)N1CCN(C(=NC)NCCCc2ccc(OC)c(OC)c2)CC1. The molecule has 1 aliphatic heterocycles. The molecule has 1 amide bonds. The van der Waals surface area contributed by atoms with Gasteiger partial charge in [0, 0.05) is 39.8 Å². The summed E-state index contributed by atoms with van der Waals surface area (Å²) in [5, 5.41) is 3.42. The lowest BCUT2D eigenvalue weighted by atomic mass is 10.1. The van der Waals surface area contributed by atoms with Crippen LogP contribution in [0.4, 0.5) is 4.79 Å². The second-order valence-electron chi connectivity index (χ2n) is 6.44. The van der Waals surface area contributed by atoms with E-state index in [2.05, 4.69) is 21.3 Å². The molecule has 0 atom stereocenters. The first-order valence-electron chi connectivity index (χ1n) is 9.71. The van der Waals surface area contributed by atoms with Gasteiger partial charge in [0.2, 0.25) is 0 Å². The number of nitrogens with zero attached hydrogens (tertiary/aromatic N) is 3. The van der Waals surface area contributed by atoms with Crippen LogP contribution in [-0.2, 0) is 11.2 Å². The maximum absolute atomic E-state index is 11.8. The highest BCUT2D eigenvalue weighted by Gasteiger charge is 2.23. The summed E-state index contributed by atoms with van der Waals surface area (Å²) >= 11 is 0. The van der Waals surface area contributed by atoms with Gasteiger partial charge >= 0.3 is 6.09 Å². The molecule has 0 aromatic heterocycles. The number of hydrogen-bond donors (Lipinski definition) is 1. The van der Waals surface area contributed by atoms with Gasteiger partial charge in [-0.25, -0.2) is 4.79 Å². The minimum atomic E-state index is -0.236. The summed E-state index contributed by atoms with van der Waals surface area (Å²) in [7, 11) is 5.07. The van der Waals surface area contributed by atoms with Crippen molar-refractivity contribution >= 4 is 12.1 Å². The van der Waals surface area contributed by atoms with Gasteiger partial charge in [-0.3, -0.25) is 4.99 Å². The third kappa shape index (κ3) is 5.94. The van der Waals surface area contributed by atoms with Crippen LogP contribution in [0.1, 0.15) is 18.9 Å². The lowest BCUT2D eigenvalue weighted by Crippen LogP contribution is -2.54. The number of amides is 1. The van der Waals surface area contributed by atoms with Crippen LogP contribution in [0.15, 0.2) is 23.2 Å². The van der Waals surface area contributed by atoms with Crippen molar-refractivity contribution < 1.29 is 19.0 Å². The van der Waals surface area contributed by atoms with E-state index in [1.54, 1.807) is 26.2 Å².